The zero-order chi connectivity index (χ0) is 12.4. The summed E-state index contributed by atoms with van der Waals surface area (Å²) in [7, 11) is 1.86. The lowest BCUT2D eigenvalue weighted by molar-refractivity contribution is 0.171. The summed E-state index contributed by atoms with van der Waals surface area (Å²) in [6, 6.07) is 5.70. The van der Waals surface area contributed by atoms with E-state index >= 15 is 0 Å². The Kier molecular flexibility index (Phi) is 3.59. The van der Waals surface area contributed by atoms with Gasteiger partial charge in [-0.25, -0.2) is 0 Å². The predicted octanol–water partition coefficient (Wildman–Crippen LogP) is 2.16. The van der Waals surface area contributed by atoms with Crippen LogP contribution in [0.2, 0.25) is 0 Å². The molecule has 2 heterocycles. The Balaban J connectivity index is 2.11. The number of rotatable bonds is 3. The van der Waals surface area contributed by atoms with Gasteiger partial charge in [0.1, 0.15) is 6.10 Å². The summed E-state index contributed by atoms with van der Waals surface area (Å²) >= 11 is 3.33. The van der Waals surface area contributed by atoms with Gasteiger partial charge in [0.05, 0.1) is 5.69 Å². The summed E-state index contributed by atoms with van der Waals surface area (Å²) in [6.45, 7) is 1.96. The van der Waals surface area contributed by atoms with Crippen molar-refractivity contribution in [2.75, 3.05) is 0 Å². The van der Waals surface area contributed by atoms with Crippen LogP contribution in [0.1, 0.15) is 23.2 Å². The van der Waals surface area contributed by atoms with E-state index in [0.717, 1.165) is 15.9 Å². The number of nitrogens with zero attached hydrogens (tertiary/aromatic N) is 3. The van der Waals surface area contributed by atoms with Crippen LogP contribution in [0.25, 0.3) is 0 Å². The third kappa shape index (κ3) is 2.92. The van der Waals surface area contributed by atoms with Crippen LogP contribution in [-0.4, -0.2) is 19.9 Å². The van der Waals surface area contributed by atoms with Gasteiger partial charge in [0, 0.05) is 35.5 Å². The van der Waals surface area contributed by atoms with E-state index in [-0.39, 0.29) is 0 Å². The van der Waals surface area contributed by atoms with E-state index in [1.54, 1.807) is 10.9 Å². The van der Waals surface area contributed by atoms with E-state index < -0.39 is 6.10 Å². The average molecular weight is 296 g/mol. The summed E-state index contributed by atoms with van der Waals surface area (Å²) < 4.78 is 2.69. The van der Waals surface area contributed by atoms with Gasteiger partial charge in [-0.15, -0.1) is 0 Å². The lowest BCUT2D eigenvalue weighted by Crippen LogP contribution is -2.04. The van der Waals surface area contributed by atoms with Gasteiger partial charge < -0.3 is 5.11 Å². The van der Waals surface area contributed by atoms with Gasteiger partial charge in [-0.3, -0.25) is 9.67 Å². The number of aliphatic hydroxyl groups is 1. The Morgan fingerprint density at radius 2 is 2.24 bits per heavy atom. The largest absolute Gasteiger partial charge is 0.386 e. The molecule has 2 aromatic heterocycles. The minimum absolute atomic E-state index is 0.476. The maximum Gasteiger partial charge on any atom is 0.103 e. The second-order valence-electron chi connectivity index (χ2n) is 4.02. The van der Waals surface area contributed by atoms with E-state index in [2.05, 4.69) is 26.0 Å². The molecule has 17 heavy (non-hydrogen) atoms. The lowest BCUT2D eigenvalue weighted by atomic mass is 10.1. The van der Waals surface area contributed by atoms with Crippen LogP contribution >= 0.6 is 15.9 Å². The number of aryl methyl sites for hydroxylation is 2. The molecule has 0 bridgehead atoms. The van der Waals surface area contributed by atoms with Crippen LogP contribution < -0.4 is 0 Å². The molecule has 1 N–H and O–H groups in total. The maximum atomic E-state index is 10.1. The molecular formula is C12H14BrN3O. The van der Waals surface area contributed by atoms with Crippen molar-refractivity contribution < 1.29 is 5.11 Å². The van der Waals surface area contributed by atoms with Crippen molar-refractivity contribution in [2.24, 2.45) is 7.05 Å². The first kappa shape index (κ1) is 12.3. The van der Waals surface area contributed by atoms with Crippen LogP contribution in [0.5, 0.6) is 0 Å². The molecule has 1 atom stereocenters. The maximum absolute atomic E-state index is 10.1. The van der Waals surface area contributed by atoms with Crippen molar-refractivity contribution in [2.45, 2.75) is 19.4 Å². The van der Waals surface area contributed by atoms with Crippen LogP contribution in [0.3, 0.4) is 0 Å². The first-order valence-electron chi connectivity index (χ1n) is 5.35. The van der Waals surface area contributed by atoms with E-state index in [1.807, 2.05) is 32.2 Å². The molecule has 0 aromatic carbocycles. The highest BCUT2D eigenvalue weighted by Gasteiger charge is 2.13. The Morgan fingerprint density at radius 1 is 1.47 bits per heavy atom. The molecule has 0 aliphatic rings. The SMILES string of the molecule is Cc1cc(C(O)Cc2ccc(Br)cn2)nn1C. The molecule has 0 fully saturated rings. The molecule has 0 aliphatic heterocycles. The molecule has 0 saturated heterocycles. The number of aromatic nitrogens is 3. The van der Waals surface area contributed by atoms with Crippen LogP contribution in [0, 0.1) is 6.92 Å². The molecule has 1 unspecified atom stereocenters. The zero-order valence-corrected chi connectivity index (χ0v) is 11.3. The summed E-state index contributed by atoms with van der Waals surface area (Å²) in [5, 5.41) is 14.3. The van der Waals surface area contributed by atoms with Crippen molar-refractivity contribution in [1.29, 1.82) is 0 Å². The summed E-state index contributed by atoms with van der Waals surface area (Å²) in [5.74, 6) is 0. The second kappa shape index (κ2) is 4.98. The Hall–Kier alpha value is -1.20. The van der Waals surface area contributed by atoms with E-state index in [9.17, 15) is 5.11 Å². The number of pyridine rings is 1. The van der Waals surface area contributed by atoms with E-state index in [1.165, 1.54) is 0 Å². The van der Waals surface area contributed by atoms with Crippen LogP contribution in [0.15, 0.2) is 28.9 Å². The first-order chi connectivity index (χ1) is 8.06. The fourth-order valence-electron chi connectivity index (χ4n) is 1.58. The van der Waals surface area contributed by atoms with Crippen molar-refractivity contribution >= 4 is 15.9 Å². The molecule has 90 valence electrons. The predicted molar refractivity (Wildman–Crippen MR) is 68.5 cm³/mol. The fourth-order valence-corrected chi connectivity index (χ4v) is 1.82. The standard InChI is InChI=1S/C12H14BrN3O/c1-8-5-11(15-16(8)2)12(17)6-10-4-3-9(13)7-14-10/h3-5,7,12,17H,6H2,1-2H3. The minimum Gasteiger partial charge on any atom is -0.386 e. The van der Waals surface area contributed by atoms with Crippen molar-refractivity contribution in [1.82, 2.24) is 14.8 Å². The molecule has 2 aromatic rings. The molecule has 5 heteroatoms. The van der Waals surface area contributed by atoms with Crippen LogP contribution in [-0.2, 0) is 13.5 Å². The van der Waals surface area contributed by atoms with Gasteiger partial charge >= 0.3 is 0 Å². The smallest absolute Gasteiger partial charge is 0.103 e. The number of aliphatic hydroxyl groups excluding tert-OH is 1. The summed E-state index contributed by atoms with van der Waals surface area (Å²) in [4.78, 5) is 4.23. The molecule has 0 radical (unpaired) electrons. The molecule has 0 saturated carbocycles. The third-order valence-corrected chi connectivity index (χ3v) is 3.13. The molecule has 0 spiro atoms. The van der Waals surface area contributed by atoms with Gasteiger partial charge in [-0.05, 0) is 41.1 Å². The van der Waals surface area contributed by atoms with Crippen molar-refractivity contribution in [3.05, 3.63) is 46.0 Å². The normalized spacial score (nSPS) is 12.7. The minimum atomic E-state index is -0.608. The summed E-state index contributed by atoms with van der Waals surface area (Å²) in [5.41, 5.74) is 2.57. The molecule has 0 amide bonds. The fraction of sp³-hybridized carbons (Fsp3) is 0.333. The van der Waals surface area contributed by atoms with Gasteiger partial charge in [-0.1, -0.05) is 0 Å². The molecule has 0 aliphatic carbocycles. The third-order valence-electron chi connectivity index (χ3n) is 2.67. The number of hydrogen-bond acceptors (Lipinski definition) is 3. The van der Waals surface area contributed by atoms with Gasteiger partial charge in [0.2, 0.25) is 0 Å². The zero-order valence-electron chi connectivity index (χ0n) is 9.76. The Bertz CT molecular complexity index is 487. The number of hydrogen-bond donors (Lipinski definition) is 1. The quantitative estimate of drug-likeness (QED) is 0.944. The molecule has 2 rings (SSSR count). The van der Waals surface area contributed by atoms with E-state index in [0.29, 0.717) is 12.1 Å². The van der Waals surface area contributed by atoms with Gasteiger partial charge in [0.25, 0.3) is 0 Å². The topological polar surface area (TPSA) is 50.9 Å². The van der Waals surface area contributed by atoms with Crippen molar-refractivity contribution in [3.8, 4) is 0 Å². The second-order valence-corrected chi connectivity index (χ2v) is 4.94. The highest BCUT2D eigenvalue weighted by Crippen LogP contribution is 2.17. The summed E-state index contributed by atoms with van der Waals surface area (Å²) in [6.07, 6.45) is 1.60. The molecular weight excluding hydrogens is 282 g/mol. The highest BCUT2D eigenvalue weighted by molar-refractivity contribution is 9.10. The van der Waals surface area contributed by atoms with Crippen LogP contribution in [0.4, 0.5) is 0 Å². The highest BCUT2D eigenvalue weighted by atomic mass is 79.9. The lowest BCUT2D eigenvalue weighted by Gasteiger charge is -2.06. The number of halogens is 1. The van der Waals surface area contributed by atoms with Gasteiger partial charge in [0.15, 0.2) is 0 Å². The molecule has 4 nitrogen and oxygen atoms in total. The van der Waals surface area contributed by atoms with Crippen molar-refractivity contribution in [3.63, 3.8) is 0 Å². The Labute approximate surface area is 108 Å². The van der Waals surface area contributed by atoms with E-state index in [4.69, 9.17) is 0 Å². The average Bonchev–Trinajstić information content (AvgIpc) is 2.63. The monoisotopic (exact) mass is 295 g/mol. The Morgan fingerprint density at radius 3 is 2.76 bits per heavy atom. The van der Waals surface area contributed by atoms with Gasteiger partial charge in [-0.2, -0.15) is 5.10 Å². The first-order valence-corrected chi connectivity index (χ1v) is 6.14.